The quantitative estimate of drug-likeness (QED) is 0.804. The van der Waals surface area contributed by atoms with Crippen LogP contribution in [0.15, 0.2) is 22.6 Å². The van der Waals surface area contributed by atoms with Gasteiger partial charge in [-0.15, -0.1) is 0 Å². The van der Waals surface area contributed by atoms with Gasteiger partial charge in [-0.3, -0.25) is 10.1 Å². The summed E-state index contributed by atoms with van der Waals surface area (Å²) in [6, 6.07) is 5.73. The molecule has 2 aromatic rings. The molecule has 4 heteroatoms. The molecule has 1 aromatic heterocycles. The number of ether oxygens (including phenoxy) is 1. The fourth-order valence-electron chi connectivity index (χ4n) is 1.72. The number of hydrogen-bond donors (Lipinski definition) is 1. The zero-order valence-corrected chi connectivity index (χ0v) is 9.24. The van der Waals surface area contributed by atoms with Crippen LogP contribution in [0.3, 0.4) is 0 Å². The molecular formula is C12H13NO3. The number of aryl methyl sites for hydroxylation is 1. The maximum Gasteiger partial charge on any atom is 0.243 e. The molecule has 0 spiro atoms. The van der Waals surface area contributed by atoms with Crippen LogP contribution in [-0.4, -0.2) is 13.0 Å². The second kappa shape index (κ2) is 4.26. The van der Waals surface area contributed by atoms with Crippen LogP contribution >= 0.6 is 0 Å². The summed E-state index contributed by atoms with van der Waals surface area (Å²) in [5.74, 6) is 0.962. The number of anilines is 1. The third-order valence-corrected chi connectivity index (χ3v) is 2.36. The standard InChI is InChI=1S/C12H13NO3/c1-3-15-11-10-8(2)5-4-6-9(10)16-12(11)13-7-14/h4-7H,3H2,1-2H3,(H,13,14). The van der Waals surface area contributed by atoms with E-state index in [-0.39, 0.29) is 0 Å². The highest BCUT2D eigenvalue weighted by Crippen LogP contribution is 2.38. The van der Waals surface area contributed by atoms with Gasteiger partial charge in [0.2, 0.25) is 12.3 Å². The Morgan fingerprint density at radius 2 is 2.31 bits per heavy atom. The number of amides is 1. The van der Waals surface area contributed by atoms with Crippen LogP contribution in [0.25, 0.3) is 11.0 Å². The van der Waals surface area contributed by atoms with Gasteiger partial charge >= 0.3 is 0 Å². The van der Waals surface area contributed by atoms with Crippen molar-refractivity contribution in [3.05, 3.63) is 23.8 Å². The molecule has 1 aromatic carbocycles. The highest BCUT2D eigenvalue weighted by molar-refractivity contribution is 5.94. The molecule has 0 unspecified atom stereocenters. The third-order valence-electron chi connectivity index (χ3n) is 2.36. The molecule has 84 valence electrons. The van der Waals surface area contributed by atoms with E-state index < -0.39 is 0 Å². The predicted octanol–water partition coefficient (Wildman–Crippen LogP) is 2.71. The first-order valence-corrected chi connectivity index (χ1v) is 5.13. The van der Waals surface area contributed by atoms with Crippen molar-refractivity contribution in [2.24, 2.45) is 0 Å². The molecule has 0 aliphatic rings. The van der Waals surface area contributed by atoms with Gasteiger partial charge in [-0.25, -0.2) is 0 Å². The fraction of sp³-hybridized carbons (Fsp3) is 0.250. The number of furan rings is 1. The average molecular weight is 219 g/mol. The van der Waals surface area contributed by atoms with Crippen LogP contribution in [0.2, 0.25) is 0 Å². The summed E-state index contributed by atoms with van der Waals surface area (Å²) in [6.45, 7) is 4.39. The van der Waals surface area contributed by atoms with Gasteiger partial charge in [0.05, 0.1) is 12.0 Å². The zero-order chi connectivity index (χ0) is 11.5. The van der Waals surface area contributed by atoms with E-state index in [9.17, 15) is 4.79 Å². The van der Waals surface area contributed by atoms with Crippen molar-refractivity contribution in [1.29, 1.82) is 0 Å². The van der Waals surface area contributed by atoms with Gasteiger partial charge < -0.3 is 9.15 Å². The van der Waals surface area contributed by atoms with Crippen molar-refractivity contribution in [1.82, 2.24) is 0 Å². The fourth-order valence-corrected chi connectivity index (χ4v) is 1.72. The van der Waals surface area contributed by atoms with Gasteiger partial charge in [-0.05, 0) is 25.5 Å². The number of fused-ring (bicyclic) bond motifs is 1. The first-order valence-electron chi connectivity index (χ1n) is 5.13. The lowest BCUT2D eigenvalue weighted by atomic mass is 10.1. The van der Waals surface area contributed by atoms with E-state index in [1.54, 1.807) is 0 Å². The van der Waals surface area contributed by atoms with E-state index in [0.29, 0.717) is 30.2 Å². The van der Waals surface area contributed by atoms with Gasteiger partial charge in [-0.2, -0.15) is 0 Å². The Balaban J connectivity index is 2.66. The van der Waals surface area contributed by atoms with Gasteiger partial charge in [0.15, 0.2) is 5.75 Å². The maximum atomic E-state index is 10.5. The van der Waals surface area contributed by atoms with Crippen LogP contribution in [0.4, 0.5) is 5.88 Å². The molecule has 4 nitrogen and oxygen atoms in total. The Morgan fingerprint density at radius 3 is 3.00 bits per heavy atom. The minimum absolute atomic E-state index is 0.362. The van der Waals surface area contributed by atoms with E-state index in [2.05, 4.69) is 5.32 Å². The number of carbonyl (C=O) groups excluding carboxylic acids is 1. The molecule has 0 aliphatic heterocycles. The first kappa shape index (κ1) is 10.5. The minimum atomic E-state index is 0.362. The zero-order valence-electron chi connectivity index (χ0n) is 9.24. The Kier molecular flexibility index (Phi) is 2.81. The molecular weight excluding hydrogens is 206 g/mol. The lowest BCUT2D eigenvalue weighted by Gasteiger charge is -2.03. The van der Waals surface area contributed by atoms with Crippen molar-refractivity contribution < 1.29 is 13.9 Å². The molecule has 0 radical (unpaired) electrons. The van der Waals surface area contributed by atoms with E-state index in [1.165, 1.54) is 0 Å². The second-order valence-corrected chi connectivity index (χ2v) is 3.40. The molecule has 0 saturated heterocycles. The SMILES string of the molecule is CCOc1c(NC=O)oc2cccc(C)c12. The van der Waals surface area contributed by atoms with Gasteiger partial charge in [0.1, 0.15) is 5.58 Å². The van der Waals surface area contributed by atoms with Gasteiger partial charge in [0, 0.05) is 0 Å². The van der Waals surface area contributed by atoms with Crippen molar-refractivity contribution >= 4 is 23.3 Å². The van der Waals surface area contributed by atoms with Crippen molar-refractivity contribution in [3.8, 4) is 5.75 Å². The Labute approximate surface area is 93.2 Å². The summed E-state index contributed by atoms with van der Waals surface area (Å²) in [5, 5.41) is 3.42. The van der Waals surface area contributed by atoms with Crippen LogP contribution < -0.4 is 10.1 Å². The summed E-state index contributed by atoms with van der Waals surface area (Å²) in [6.07, 6.45) is 0.579. The molecule has 2 rings (SSSR count). The molecule has 1 amide bonds. The molecule has 0 saturated carbocycles. The highest BCUT2D eigenvalue weighted by atomic mass is 16.5. The summed E-state index contributed by atoms with van der Waals surface area (Å²) < 4.78 is 11.0. The molecule has 1 N–H and O–H groups in total. The first-order chi connectivity index (χ1) is 7.77. The summed E-state index contributed by atoms with van der Waals surface area (Å²) in [7, 11) is 0. The number of benzene rings is 1. The largest absolute Gasteiger partial charge is 0.488 e. The number of rotatable bonds is 4. The van der Waals surface area contributed by atoms with E-state index >= 15 is 0 Å². The lowest BCUT2D eigenvalue weighted by Crippen LogP contribution is -1.97. The number of nitrogens with one attached hydrogen (secondary N) is 1. The maximum absolute atomic E-state index is 10.5. The summed E-state index contributed by atoms with van der Waals surface area (Å²) in [5.41, 5.74) is 1.77. The third kappa shape index (κ3) is 1.62. The van der Waals surface area contributed by atoms with Crippen LogP contribution in [-0.2, 0) is 4.79 Å². The number of hydrogen-bond acceptors (Lipinski definition) is 3. The van der Waals surface area contributed by atoms with Crippen molar-refractivity contribution in [2.75, 3.05) is 11.9 Å². The molecule has 0 fully saturated rings. The monoisotopic (exact) mass is 219 g/mol. The van der Waals surface area contributed by atoms with Gasteiger partial charge in [0.25, 0.3) is 0 Å². The number of carbonyl (C=O) groups is 1. The van der Waals surface area contributed by atoms with Crippen LogP contribution in [0, 0.1) is 6.92 Å². The Bertz CT molecular complexity index is 516. The Hall–Kier alpha value is -1.97. The lowest BCUT2D eigenvalue weighted by molar-refractivity contribution is -0.105. The highest BCUT2D eigenvalue weighted by Gasteiger charge is 2.16. The van der Waals surface area contributed by atoms with Gasteiger partial charge in [-0.1, -0.05) is 12.1 Å². The summed E-state index contributed by atoms with van der Waals surface area (Å²) >= 11 is 0. The van der Waals surface area contributed by atoms with E-state index in [4.69, 9.17) is 9.15 Å². The average Bonchev–Trinajstić information content (AvgIpc) is 2.59. The molecule has 0 bridgehead atoms. The van der Waals surface area contributed by atoms with E-state index in [0.717, 1.165) is 10.9 Å². The van der Waals surface area contributed by atoms with Crippen molar-refractivity contribution in [2.45, 2.75) is 13.8 Å². The van der Waals surface area contributed by atoms with E-state index in [1.807, 2.05) is 32.0 Å². The predicted molar refractivity (Wildman–Crippen MR) is 61.8 cm³/mol. The molecule has 0 atom stereocenters. The summed E-state index contributed by atoms with van der Waals surface area (Å²) in [4.78, 5) is 10.5. The molecule has 0 aliphatic carbocycles. The van der Waals surface area contributed by atoms with Crippen LogP contribution in [0.1, 0.15) is 12.5 Å². The normalized spacial score (nSPS) is 10.4. The molecule has 16 heavy (non-hydrogen) atoms. The second-order valence-electron chi connectivity index (χ2n) is 3.40. The molecule has 1 heterocycles. The van der Waals surface area contributed by atoms with Crippen molar-refractivity contribution in [3.63, 3.8) is 0 Å². The topological polar surface area (TPSA) is 51.5 Å². The minimum Gasteiger partial charge on any atom is -0.488 e. The van der Waals surface area contributed by atoms with Crippen LogP contribution in [0.5, 0.6) is 5.75 Å². The Morgan fingerprint density at radius 1 is 1.50 bits per heavy atom. The smallest absolute Gasteiger partial charge is 0.243 e.